The number of nitrogens with one attached hydrogen (secondary N) is 1. The Balaban J connectivity index is 1.89. The van der Waals surface area contributed by atoms with Gasteiger partial charge >= 0.3 is 0 Å². The van der Waals surface area contributed by atoms with Crippen LogP contribution in [-0.2, 0) is 0 Å². The number of aromatic amines is 1. The summed E-state index contributed by atoms with van der Waals surface area (Å²) >= 11 is 0. The van der Waals surface area contributed by atoms with Gasteiger partial charge in [0.05, 0.1) is 10.9 Å². The van der Waals surface area contributed by atoms with Gasteiger partial charge in [-0.25, -0.2) is 4.98 Å². The molecule has 0 saturated carbocycles. The SMILES string of the molecule is CC(C)C1CCN(c2nc3ccc(N)cc3c(=O)[nH]2)CC1. The first-order chi connectivity index (χ1) is 10.0. The molecule has 1 saturated heterocycles. The van der Waals surface area contributed by atoms with Gasteiger partial charge in [-0.05, 0) is 42.9 Å². The molecule has 0 atom stereocenters. The number of nitrogens with zero attached hydrogens (tertiary/aromatic N) is 2. The number of benzene rings is 1. The van der Waals surface area contributed by atoms with Crippen molar-refractivity contribution < 1.29 is 0 Å². The van der Waals surface area contributed by atoms with Gasteiger partial charge in [0.15, 0.2) is 0 Å². The van der Waals surface area contributed by atoms with Crippen molar-refractivity contribution in [3.8, 4) is 0 Å². The Morgan fingerprint density at radius 1 is 1.33 bits per heavy atom. The summed E-state index contributed by atoms with van der Waals surface area (Å²) in [5.41, 5.74) is 6.90. The van der Waals surface area contributed by atoms with Crippen molar-refractivity contribution in [1.29, 1.82) is 0 Å². The molecule has 1 fully saturated rings. The van der Waals surface area contributed by atoms with Crippen molar-refractivity contribution in [2.75, 3.05) is 23.7 Å². The molecule has 2 aromatic rings. The number of hydrogen-bond donors (Lipinski definition) is 2. The van der Waals surface area contributed by atoms with Crippen molar-refractivity contribution in [1.82, 2.24) is 9.97 Å². The maximum absolute atomic E-state index is 12.2. The minimum absolute atomic E-state index is 0.117. The molecule has 0 aliphatic carbocycles. The molecule has 3 N–H and O–H groups in total. The molecule has 0 radical (unpaired) electrons. The van der Waals surface area contributed by atoms with E-state index in [0.29, 0.717) is 22.5 Å². The first kappa shape index (κ1) is 13.9. The number of hydrogen-bond acceptors (Lipinski definition) is 4. The van der Waals surface area contributed by atoms with Crippen LogP contribution >= 0.6 is 0 Å². The monoisotopic (exact) mass is 286 g/mol. The van der Waals surface area contributed by atoms with Crippen molar-refractivity contribution in [2.24, 2.45) is 11.8 Å². The first-order valence-corrected chi connectivity index (χ1v) is 7.59. The maximum Gasteiger partial charge on any atom is 0.260 e. The molecule has 21 heavy (non-hydrogen) atoms. The van der Waals surface area contributed by atoms with E-state index >= 15 is 0 Å². The second kappa shape index (κ2) is 5.39. The van der Waals surface area contributed by atoms with Crippen LogP contribution in [0.3, 0.4) is 0 Å². The molecule has 1 aromatic carbocycles. The maximum atomic E-state index is 12.2. The zero-order valence-electron chi connectivity index (χ0n) is 12.6. The van der Waals surface area contributed by atoms with Gasteiger partial charge in [0.1, 0.15) is 0 Å². The minimum Gasteiger partial charge on any atom is -0.399 e. The number of nitrogen functional groups attached to an aromatic ring is 1. The van der Waals surface area contributed by atoms with E-state index in [0.717, 1.165) is 37.8 Å². The molecule has 0 unspecified atom stereocenters. The van der Waals surface area contributed by atoms with Crippen LogP contribution in [0, 0.1) is 11.8 Å². The molecule has 5 heteroatoms. The van der Waals surface area contributed by atoms with Gasteiger partial charge in [-0.15, -0.1) is 0 Å². The Hall–Kier alpha value is -2.04. The average Bonchev–Trinajstić information content (AvgIpc) is 2.48. The highest BCUT2D eigenvalue weighted by Crippen LogP contribution is 2.26. The molecule has 0 amide bonds. The Labute approximate surface area is 124 Å². The molecular formula is C16H22N4O. The second-order valence-corrected chi connectivity index (χ2v) is 6.23. The van der Waals surface area contributed by atoms with Gasteiger partial charge in [-0.2, -0.15) is 0 Å². The Kier molecular flexibility index (Phi) is 3.57. The number of rotatable bonds is 2. The van der Waals surface area contributed by atoms with Gasteiger partial charge in [0.2, 0.25) is 5.95 Å². The van der Waals surface area contributed by atoms with Crippen LogP contribution in [0.5, 0.6) is 0 Å². The van der Waals surface area contributed by atoms with Crippen LogP contribution in [0.1, 0.15) is 26.7 Å². The number of fused-ring (bicyclic) bond motifs is 1. The third kappa shape index (κ3) is 2.73. The van der Waals surface area contributed by atoms with Crippen LogP contribution in [0.2, 0.25) is 0 Å². The van der Waals surface area contributed by atoms with Gasteiger partial charge in [0.25, 0.3) is 5.56 Å². The zero-order chi connectivity index (χ0) is 15.0. The van der Waals surface area contributed by atoms with Crippen molar-refractivity contribution in [2.45, 2.75) is 26.7 Å². The molecule has 2 heterocycles. The van der Waals surface area contributed by atoms with E-state index < -0.39 is 0 Å². The highest BCUT2D eigenvalue weighted by atomic mass is 16.1. The normalized spacial score (nSPS) is 16.8. The van der Waals surface area contributed by atoms with Crippen LogP contribution in [0.4, 0.5) is 11.6 Å². The lowest BCUT2D eigenvalue weighted by Crippen LogP contribution is -2.37. The first-order valence-electron chi connectivity index (χ1n) is 7.59. The summed E-state index contributed by atoms with van der Waals surface area (Å²) in [6, 6.07) is 5.27. The summed E-state index contributed by atoms with van der Waals surface area (Å²) < 4.78 is 0. The van der Waals surface area contributed by atoms with E-state index in [1.165, 1.54) is 0 Å². The number of aromatic nitrogens is 2. The van der Waals surface area contributed by atoms with Crippen molar-refractivity contribution >= 4 is 22.5 Å². The number of nitrogens with two attached hydrogens (primary N) is 1. The molecule has 5 nitrogen and oxygen atoms in total. The Morgan fingerprint density at radius 2 is 2.05 bits per heavy atom. The quantitative estimate of drug-likeness (QED) is 0.831. The predicted octanol–water partition coefficient (Wildman–Crippen LogP) is 2.38. The minimum atomic E-state index is -0.117. The summed E-state index contributed by atoms with van der Waals surface area (Å²) in [6.45, 7) is 6.46. The van der Waals surface area contributed by atoms with E-state index in [2.05, 4.69) is 28.7 Å². The van der Waals surface area contributed by atoms with Crippen LogP contribution in [0.15, 0.2) is 23.0 Å². The molecule has 1 aromatic heterocycles. The molecule has 1 aliphatic rings. The van der Waals surface area contributed by atoms with E-state index in [9.17, 15) is 4.79 Å². The molecule has 0 bridgehead atoms. The topological polar surface area (TPSA) is 75.0 Å². The smallest absolute Gasteiger partial charge is 0.260 e. The largest absolute Gasteiger partial charge is 0.399 e. The number of H-pyrrole nitrogens is 1. The summed E-state index contributed by atoms with van der Waals surface area (Å²) in [7, 11) is 0. The summed E-state index contributed by atoms with van der Waals surface area (Å²) in [6.07, 6.45) is 2.31. The number of piperidine rings is 1. The standard InChI is InChI=1S/C16H22N4O/c1-10(2)11-5-7-20(8-6-11)16-18-14-4-3-12(17)9-13(14)15(21)19-16/h3-4,9-11H,5-8,17H2,1-2H3,(H,18,19,21). The highest BCUT2D eigenvalue weighted by Gasteiger charge is 2.23. The number of anilines is 2. The van der Waals surface area contributed by atoms with Crippen LogP contribution in [-0.4, -0.2) is 23.1 Å². The highest BCUT2D eigenvalue weighted by molar-refractivity contribution is 5.81. The van der Waals surface area contributed by atoms with Crippen molar-refractivity contribution in [3.05, 3.63) is 28.6 Å². The van der Waals surface area contributed by atoms with E-state index in [1.54, 1.807) is 12.1 Å². The Morgan fingerprint density at radius 3 is 2.71 bits per heavy atom. The van der Waals surface area contributed by atoms with E-state index in [1.807, 2.05) is 6.07 Å². The van der Waals surface area contributed by atoms with Crippen molar-refractivity contribution in [3.63, 3.8) is 0 Å². The third-order valence-corrected chi connectivity index (χ3v) is 4.50. The summed E-state index contributed by atoms with van der Waals surface area (Å²) in [5, 5.41) is 0.552. The molecule has 0 spiro atoms. The molecular weight excluding hydrogens is 264 g/mol. The fourth-order valence-corrected chi connectivity index (χ4v) is 3.07. The zero-order valence-corrected chi connectivity index (χ0v) is 12.6. The lowest BCUT2D eigenvalue weighted by Gasteiger charge is -2.34. The lowest BCUT2D eigenvalue weighted by molar-refractivity contribution is 0.310. The Bertz CT molecular complexity index is 699. The van der Waals surface area contributed by atoms with Gasteiger partial charge < -0.3 is 10.6 Å². The van der Waals surface area contributed by atoms with Gasteiger partial charge in [0, 0.05) is 18.8 Å². The third-order valence-electron chi connectivity index (χ3n) is 4.50. The predicted molar refractivity (Wildman–Crippen MR) is 86.6 cm³/mol. The summed E-state index contributed by atoms with van der Waals surface area (Å²) in [5.74, 6) is 2.17. The lowest BCUT2D eigenvalue weighted by atomic mass is 9.87. The molecule has 112 valence electrons. The van der Waals surface area contributed by atoms with E-state index in [4.69, 9.17) is 5.73 Å². The van der Waals surface area contributed by atoms with Gasteiger partial charge in [-0.3, -0.25) is 9.78 Å². The fraction of sp³-hybridized carbons (Fsp3) is 0.500. The van der Waals surface area contributed by atoms with Gasteiger partial charge in [-0.1, -0.05) is 13.8 Å². The second-order valence-electron chi connectivity index (χ2n) is 6.23. The fourth-order valence-electron chi connectivity index (χ4n) is 3.07. The average molecular weight is 286 g/mol. The van der Waals surface area contributed by atoms with Crippen LogP contribution < -0.4 is 16.2 Å². The molecule has 1 aliphatic heterocycles. The molecule has 3 rings (SSSR count). The van der Waals surface area contributed by atoms with E-state index in [-0.39, 0.29) is 5.56 Å². The van der Waals surface area contributed by atoms with Crippen LogP contribution in [0.25, 0.3) is 10.9 Å². The summed E-state index contributed by atoms with van der Waals surface area (Å²) in [4.78, 5) is 21.8.